The van der Waals surface area contributed by atoms with Crippen molar-refractivity contribution in [3.63, 3.8) is 0 Å². The standard InChI is InChI=1S/C13H19F3N2O/c1-9-7-10-11(17)3-2-4-12(10)18(9)5-6-19-8-13(14,15)16/h7,11H,2-6,8,17H2,1H3. The highest BCUT2D eigenvalue weighted by Crippen LogP contribution is 2.30. The second kappa shape index (κ2) is 5.54. The minimum absolute atomic E-state index is 0.0554. The molecular weight excluding hydrogens is 257 g/mol. The average Bonchev–Trinajstić information content (AvgIpc) is 2.62. The Hall–Kier alpha value is -1.01. The molecule has 1 unspecified atom stereocenters. The number of fused-ring (bicyclic) bond motifs is 1. The Morgan fingerprint density at radius 2 is 2.21 bits per heavy atom. The zero-order valence-corrected chi connectivity index (χ0v) is 11.0. The number of rotatable bonds is 4. The molecule has 0 aliphatic heterocycles. The summed E-state index contributed by atoms with van der Waals surface area (Å²) < 4.78 is 42.6. The van der Waals surface area contributed by atoms with E-state index in [0.29, 0.717) is 6.54 Å². The van der Waals surface area contributed by atoms with Crippen LogP contribution in [0.15, 0.2) is 6.07 Å². The number of hydrogen-bond donors (Lipinski definition) is 1. The summed E-state index contributed by atoms with van der Waals surface area (Å²) in [6, 6.07) is 2.10. The van der Waals surface area contributed by atoms with Crippen LogP contribution in [0, 0.1) is 6.92 Å². The minimum Gasteiger partial charge on any atom is -0.370 e. The maximum Gasteiger partial charge on any atom is 0.411 e. The fourth-order valence-corrected chi connectivity index (χ4v) is 2.66. The van der Waals surface area contributed by atoms with E-state index in [1.54, 1.807) is 0 Å². The van der Waals surface area contributed by atoms with E-state index in [2.05, 4.69) is 4.74 Å². The highest BCUT2D eigenvalue weighted by molar-refractivity contribution is 5.32. The Balaban J connectivity index is 1.97. The Bertz CT molecular complexity index is 440. The quantitative estimate of drug-likeness (QED) is 0.859. The third kappa shape index (κ3) is 3.51. The molecule has 0 radical (unpaired) electrons. The maximum absolute atomic E-state index is 12.0. The fourth-order valence-electron chi connectivity index (χ4n) is 2.66. The first-order valence-electron chi connectivity index (χ1n) is 6.47. The molecule has 0 aromatic carbocycles. The van der Waals surface area contributed by atoms with Crippen LogP contribution in [0.25, 0.3) is 0 Å². The van der Waals surface area contributed by atoms with Crippen LogP contribution in [0.3, 0.4) is 0 Å². The highest BCUT2D eigenvalue weighted by Gasteiger charge is 2.27. The van der Waals surface area contributed by atoms with E-state index in [1.807, 2.05) is 17.6 Å². The number of aromatic nitrogens is 1. The van der Waals surface area contributed by atoms with Crippen molar-refractivity contribution in [3.05, 3.63) is 23.0 Å². The fraction of sp³-hybridized carbons (Fsp3) is 0.692. The van der Waals surface area contributed by atoms with E-state index in [9.17, 15) is 13.2 Å². The third-order valence-corrected chi connectivity index (χ3v) is 3.50. The molecule has 2 N–H and O–H groups in total. The lowest BCUT2D eigenvalue weighted by molar-refractivity contribution is -0.174. The van der Waals surface area contributed by atoms with Crippen molar-refractivity contribution in [2.45, 2.75) is 44.9 Å². The molecule has 0 saturated heterocycles. The molecule has 19 heavy (non-hydrogen) atoms. The summed E-state index contributed by atoms with van der Waals surface area (Å²) in [5.41, 5.74) is 9.38. The van der Waals surface area contributed by atoms with Gasteiger partial charge >= 0.3 is 6.18 Å². The predicted molar refractivity (Wildman–Crippen MR) is 65.9 cm³/mol. The Morgan fingerprint density at radius 1 is 1.47 bits per heavy atom. The van der Waals surface area contributed by atoms with Gasteiger partial charge in [-0.15, -0.1) is 0 Å². The Labute approximate surface area is 110 Å². The summed E-state index contributed by atoms with van der Waals surface area (Å²) in [5.74, 6) is 0. The van der Waals surface area contributed by atoms with Gasteiger partial charge in [0.2, 0.25) is 0 Å². The molecule has 1 aliphatic carbocycles. The zero-order valence-electron chi connectivity index (χ0n) is 11.0. The van der Waals surface area contributed by atoms with Crippen molar-refractivity contribution >= 4 is 0 Å². The smallest absolute Gasteiger partial charge is 0.370 e. The zero-order chi connectivity index (χ0) is 14.0. The van der Waals surface area contributed by atoms with Crippen molar-refractivity contribution in [2.24, 2.45) is 5.73 Å². The van der Waals surface area contributed by atoms with Crippen LogP contribution >= 0.6 is 0 Å². The molecular formula is C13H19F3N2O. The van der Waals surface area contributed by atoms with Gasteiger partial charge in [0.15, 0.2) is 0 Å². The van der Waals surface area contributed by atoms with Crippen molar-refractivity contribution in [1.82, 2.24) is 4.57 Å². The number of nitrogens with zero attached hydrogens (tertiary/aromatic N) is 1. The summed E-state index contributed by atoms with van der Waals surface area (Å²) in [4.78, 5) is 0. The summed E-state index contributed by atoms with van der Waals surface area (Å²) in [7, 11) is 0. The summed E-state index contributed by atoms with van der Waals surface area (Å²) in [6.45, 7) is 1.28. The molecule has 1 aliphatic rings. The van der Waals surface area contributed by atoms with Crippen molar-refractivity contribution in [2.75, 3.05) is 13.2 Å². The van der Waals surface area contributed by atoms with Crippen LogP contribution in [-0.4, -0.2) is 24.0 Å². The van der Waals surface area contributed by atoms with E-state index in [0.717, 1.165) is 36.2 Å². The van der Waals surface area contributed by atoms with E-state index in [-0.39, 0.29) is 12.6 Å². The van der Waals surface area contributed by atoms with Crippen LogP contribution < -0.4 is 5.73 Å². The van der Waals surface area contributed by atoms with E-state index in [4.69, 9.17) is 5.73 Å². The van der Waals surface area contributed by atoms with Crippen molar-refractivity contribution < 1.29 is 17.9 Å². The van der Waals surface area contributed by atoms with Crippen LogP contribution in [0.5, 0.6) is 0 Å². The normalized spacial score (nSPS) is 19.5. The largest absolute Gasteiger partial charge is 0.411 e. The van der Waals surface area contributed by atoms with Crippen LogP contribution in [-0.2, 0) is 17.7 Å². The van der Waals surface area contributed by atoms with E-state index >= 15 is 0 Å². The summed E-state index contributed by atoms with van der Waals surface area (Å²) in [5, 5.41) is 0. The first-order valence-corrected chi connectivity index (χ1v) is 6.47. The molecule has 0 amide bonds. The first-order chi connectivity index (χ1) is 8.88. The van der Waals surface area contributed by atoms with Gasteiger partial charge in [0.25, 0.3) is 0 Å². The third-order valence-electron chi connectivity index (χ3n) is 3.50. The maximum atomic E-state index is 12.0. The Kier molecular flexibility index (Phi) is 4.20. The number of nitrogens with two attached hydrogens (primary N) is 1. The van der Waals surface area contributed by atoms with Gasteiger partial charge in [-0.25, -0.2) is 0 Å². The predicted octanol–water partition coefficient (Wildman–Crippen LogP) is 2.71. The van der Waals surface area contributed by atoms with Crippen LogP contribution in [0.4, 0.5) is 13.2 Å². The van der Waals surface area contributed by atoms with Gasteiger partial charge in [-0.1, -0.05) is 0 Å². The number of alkyl halides is 3. The lowest BCUT2D eigenvalue weighted by atomic mass is 9.93. The van der Waals surface area contributed by atoms with Gasteiger partial charge in [-0.05, 0) is 37.8 Å². The minimum atomic E-state index is -4.26. The summed E-state index contributed by atoms with van der Waals surface area (Å²) >= 11 is 0. The Morgan fingerprint density at radius 3 is 2.89 bits per heavy atom. The number of halogens is 3. The molecule has 6 heteroatoms. The molecule has 1 atom stereocenters. The molecule has 3 nitrogen and oxygen atoms in total. The molecule has 0 bridgehead atoms. The lowest BCUT2D eigenvalue weighted by Gasteiger charge is -2.21. The average molecular weight is 276 g/mol. The molecule has 108 valence electrons. The number of ether oxygens (including phenoxy) is 1. The molecule has 1 aromatic heterocycles. The molecule has 2 rings (SSSR count). The van der Waals surface area contributed by atoms with Gasteiger partial charge in [-0.3, -0.25) is 0 Å². The van der Waals surface area contributed by atoms with E-state index in [1.165, 1.54) is 0 Å². The number of hydrogen-bond acceptors (Lipinski definition) is 2. The van der Waals surface area contributed by atoms with E-state index < -0.39 is 12.8 Å². The van der Waals surface area contributed by atoms with Crippen LogP contribution in [0.2, 0.25) is 0 Å². The first kappa shape index (κ1) is 14.4. The van der Waals surface area contributed by atoms with Gasteiger partial charge in [-0.2, -0.15) is 13.2 Å². The van der Waals surface area contributed by atoms with Crippen LogP contribution in [0.1, 0.15) is 35.8 Å². The molecule has 0 fully saturated rings. The molecule has 1 heterocycles. The SMILES string of the molecule is Cc1cc2c(n1CCOCC(F)(F)F)CCCC2N. The second-order valence-corrected chi connectivity index (χ2v) is 5.01. The molecule has 0 saturated carbocycles. The van der Waals surface area contributed by atoms with Gasteiger partial charge in [0, 0.05) is 24.0 Å². The van der Waals surface area contributed by atoms with Crippen molar-refractivity contribution in [3.8, 4) is 0 Å². The second-order valence-electron chi connectivity index (χ2n) is 5.01. The highest BCUT2D eigenvalue weighted by atomic mass is 19.4. The summed E-state index contributed by atoms with van der Waals surface area (Å²) in [6.07, 6.45) is -1.31. The van der Waals surface area contributed by atoms with Gasteiger partial charge < -0.3 is 15.0 Å². The van der Waals surface area contributed by atoms with Crippen molar-refractivity contribution in [1.29, 1.82) is 0 Å². The molecule has 1 aromatic rings. The van der Waals surface area contributed by atoms with Gasteiger partial charge in [0.1, 0.15) is 6.61 Å². The monoisotopic (exact) mass is 276 g/mol. The molecule has 0 spiro atoms. The number of aryl methyl sites for hydroxylation is 1. The lowest BCUT2D eigenvalue weighted by Crippen LogP contribution is -2.21. The van der Waals surface area contributed by atoms with Gasteiger partial charge in [0.05, 0.1) is 6.61 Å². The topological polar surface area (TPSA) is 40.2 Å².